The first-order valence-electron chi connectivity index (χ1n) is 5.03. The highest BCUT2D eigenvalue weighted by Crippen LogP contribution is 2.11. The second kappa shape index (κ2) is 5.86. The zero-order valence-electron chi connectivity index (χ0n) is 9.73. The monoisotopic (exact) mass is 237 g/mol. The van der Waals surface area contributed by atoms with Crippen molar-refractivity contribution >= 4 is 17.7 Å². The fourth-order valence-corrected chi connectivity index (χ4v) is 1.30. The molecule has 0 heterocycles. The van der Waals surface area contributed by atoms with Crippen LogP contribution >= 0.6 is 0 Å². The Hall–Kier alpha value is -2.08. The minimum absolute atomic E-state index is 0.0647. The molecule has 0 aliphatic rings. The summed E-state index contributed by atoms with van der Waals surface area (Å²) in [5.41, 5.74) is 3.72. The SMILES string of the molecule is CN(C)NC(=O)Nc1cccc(CC(=O)O)c1. The van der Waals surface area contributed by atoms with Gasteiger partial charge < -0.3 is 10.4 Å². The Bertz CT molecular complexity index is 418. The molecule has 1 aromatic carbocycles. The molecule has 0 radical (unpaired) electrons. The van der Waals surface area contributed by atoms with Crippen molar-refractivity contribution in [3.63, 3.8) is 0 Å². The van der Waals surface area contributed by atoms with Crippen LogP contribution in [0.15, 0.2) is 24.3 Å². The number of hydrazine groups is 1. The number of amides is 2. The number of carbonyl (C=O) groups is 2. The summed E-state index contributed by atoms with van der Waals surface area (Å²) in [5.74, 6) is -0.903. The topological polar surface area (TPSA) is 81.7 Å². The van der Waals surface area contributed by atoms with Crippen LogP contribution in [0.3, 0.4) is 0 Å². The molecule has 0 saturated heterocycles. The van der Waals surface area contributed by atoms with Gasteiger partial charge in [-0.15, -0.1) is 0 Å². The number of rotatable bonds is 4. The van der Waals surface area contributed by atoms with Gasteiger partial charge in [-0.3, -0.25) is 10.2 Å². The molecule has 0 fully saturated rings. The van der Waals surface area contributed by atoms with Crippen molar-refractivity contribution in [1.29, 1.82) is 0 Å². The third-order valence-corrected chi connectivity index (χ3v) is 1.87. The highest BCUT2D eigenvalue weighted by atomic mass is 16.4. The van der Waals surface area contributed by atoms with Crippen LogP contribution < -0.4 is 10.7 Å². The van der Waals surface area contributed by atoms with E-state index in [2.05, 4.69) is 10.7 Å². The molecule has 6 heteroatoms. The van der Waals surface area contributed by atoms with E-state index >= 15 is 0 Å². The van der Waals surface area contributed by atoms with Gasteiger partial charge in [0.2, 0.25) is 0 Å². The van der Waals surface area contributed by atoms with Crippen LogP contribution in [-0.2, 0) is 11.2 Å². The van der Waals surface area contributed by atoms with Crippen LogP contribution in [0.4, 0.5) is 10.5 Å². The van der Waals surface area contributed by atoms with Crippen LogP contribution in [0.1, 0.15) is 5.56 Å². The van der Waals surface area contributed by atoms with E-state index in [0.29, 0.717) is 11.3 Å². The lowest BCUT2D eigenvalue weighted by atomic mass is 10.1. The Labute approximate surface area is 99.2 Å². The van der Waals surface area contributed by atoms with Crippen molar-refractivity contribution in [3.05, 3.63) is 29.8 Å². The molecule has 0 aromatic heterocycles. The molecule has 2 amide bonds. The molecule has 92 valence electrons. The van der Waals surface area contributed by atoms with Crippen LogP contribution in [0.5, 0.6) is 0 Å². The van der Waals surface area contributed by atoms with E-state index < -0.39 is 5.97 Å². The van der Waals surface area contributed by atoms with E-state index in [1.807, 2.05) is 0 Å². The number of hydrogen-bond acceptors (Lipinski definition) is 3. The first-order chi connectivity index (χ1) is 7.97. The van der Waals surface area contributed by atoms with E-state index in [1.54, 1.807) is 38.4 Å². The second-order valence-corrected chi connectivity index (χ2v) is 3.73. The molecule has 0 saturated carbocycles. The quantitative estimate of drug-likeness (QED) is 0.680. The number of nitrogens with one attached hydrogen (secondary N) is 2. The van der Waals surface area contributed by atoms with Crippen molar-refractivity contribution in [3.8, 4) is 0 Å². The lowest BCUT2D eigenvalue weighted by Gasteiger charge is -2.13. The molecule has 0 aliphatic carbocycles. The Morgan fingerprint density at radius 2 is 2.06 bits per heavy atom. The van der Waals surface area contributed by atoms with Crippen molar-refractivity contribution in [1.82, 2.24) is 10.4 Å². The van der Waals surface area contributed by atoms with Gasteiger partial charge in [0.25, 0.3) is 0 Å². The largest absolute Gasteiger partial charge is 0.481 e. The van der Waals surface area contributed by atoms with Gasteiger partial charge in [-0.25, -0.2) is 9.80 Å². The zero-order chi connectivity index (χ0) is 12.8. The van der Waals surface area contributed by atoms with Crippen LogP contribution in [0.25, 0.3) is 0 Å². The molecule has 0 aliphatic heterocycles. The number of urea groups is 1. The number of hydrogen-bond donors (Lipinski definition) is 3. The fraction of sp³-hybridized carbons (Fsp3) is 0.273. The predicted molar refractivity (Wildman–Crippen MR) is 63.6 cm³/mol. The first kappa shape index (κ1) is 13.0. The fourth-order valence-electron chi connectivity index (χ4n) is 1.30. The van der Waals surface area contributed by atoms with Gasteiger partial charge in [-0.05, 0) is 17.7 Å². The zero-order valence-corrected chi connectivity index (χ0v) is 9.73. The summed E-state index contributed by atoms with van der Waals surface area (Å²) in [6, 6.07) is 6.35. The molecule has 0 spiro atoms. The summed E-state index contributed by atoms with van der Waals surface area (Å²) < 4.78 is 0. The summed E-state index contributed by atoms with van der Waals surface area (Å²) in [6.45, 7) is 0. The van der Waals surface area contributed by atoms with Crippen molar-refractivity contribution < 1.29 is 14.7 Å². The molecule has 3 N–H and O–H groups in total. The van der Waals surface area contributed by atoms with E-state index in [4.69, 9.17) is 5.11 Å². The number of benzene rings is 1. The van der Waals surface area contributed by atoms with Crippen molar-refractivity contribution in [2.45, 2.75) is 6.42 Å². The van der Waals surface area contributed by atoms with Crippen LogP contribution in [0.2, 0.25) is 0 Å². The highest BCUT2D eigenvalue weighted by Gasteiger charge is 2.04. The second-order valence-electron chi connectivity index (χ2n) is 3.73. The molecule has 17 heavy (non-hydrogen) atoms. The number of anilines is 1. The van der Waals surface area contributed by atoms with Crippen LogP contribution in [0, 0.1) is 0 Å². The Morgan fingerprint density at radius 1 is 1.35 bits per heavy atom. The maximum Gasteiger partial charge on any atom is 0.333 e. The Morgan fingerprint density at radius 3 is 2.65 bits per heavy atom. The summed E-state index contributed by atoms with van der Waals surface area (Å²) in [4.78, 5) is 21.9. The normalized spacial score (nSPS) is 10.1. The Kier molecular flexibility index (Phi) is 4.47. The van der Waals surface area contributed by atoms with E-state index in [-0.39, 0.29) is 12.5 Å². The molecule has 0 bridgehead atoms. The molecule has 1 rings (SSSR count). The molecular weight excluding hydrogens is 222 g/mol. The van der Waals surface area contributed by atoms with Gasteiger partial charge in [0.15, 0.2) is 0 Å². The molecule has 0 atom stereocenters. The van der Waals surface area contributed by atoms with E-state index in [9.17, 15) is 9.59 Å². The number of nitrogens with zero attached hydrogens (tertiary/aromatic N) is 1. The average molecular weight is 237 g/mol. The van der Waals surface area contributed by atoms with Gasteiger partial charge >= 0.3 is 12.0 Å². The lowest BCUT2D eigenvalue weighted by molar-refractivity contribution is -0.136. The predicted octanol–water partition coefficient (Wildman–Crippen LogP) is 0.912. The minimum Gasteiger partial charge on any atom is -0.481 e. The number of carboxylic acid groups (broad SMARTS) is 1. The third-order valence-electron chi connectivity index (χ3n) is 1.87. The molecule has 1 aromatic rings. The average Bonchev–Trinajstić information content (AvgIpc) is 2.14. The first-order valence-corrected chi connectivity index (χ1v) is 5.03. The third kappa shape index (κ3) is 4.98. The summed E-state index contributed by atoms with van der Waals surface area (Å²) in [6.07, 6.45) is -0.0647. The van der Waals surface area contributed by atoms with Gasteiger partial charge in [0.1, 0.15) is 0 Å². The van der Waals surface area contributed by atoms with Crippen LogP contribution in [-0.4, -0.2) is 36.2 Å². The van der Waals surface area contributed by atoms with Gasteiger partial charge in [-0.2, -0.15) is 0 Å². The Balaban J connectivity index is 2.65. The van der Waals surface area contributed by atoms with E-state index in [0.717, 1.165) is 0 Å². The maximum atomic E-state index is 11.4. The summed E-state index contributed by atoms with van der Waals surface area (Å²) >= 11 is 0. The number of carboxylic acids is 1. The van der Waals surface area contributed by atoms with Gasteiger partial charge in [0, 0.05) is 19.8 Å². The number of aliphatic carboxylic acids is 1. The smallest absolute Gasteiger partial charge is 0.333 e. The van der Waals surface area contributed by atoms with Crippen molar-refractivity contribution in [2.24, 2.45) is 0 Å². The number of carbonyl (C=O) groups excluding carboxylic acids is 1. The molecular formula is C11H15N3O3. The molecule has 0 unspecified atom stereocenters. The minimum atomic E-state index is -0.903. The summed E-state index contributed by atoms with van der Waals surface area (Å²) in [5, 5.41) is 12.8. The van der Waals surface area contributed by atoms with Gasteiger partial charge in [0.05, 0.1) is 6.42 Å². The highest BCUT2D eigenvalue weighted by molar-refractivity contribution is 5.89. The lowest BCUT2D eigenvalue weighted by Crippen LogP contribution is -2.39. The van der Waals surface area contributed by atoms with Crippen molar-refractivity contribution in [2.75, 3.05) is 19.4 Å². The summed E-state index contributed by atoms with van der Waals surface area (Å²) in [7, 11) is 3.39. The standard InChI is InChI=1S/C11H15N3O3/c1-14(2)13-11(17)12-9-5-3-4-8(6-9)7-10(15)16/h3-6H,7H2,1-2H3,(H,15,16)(H2,12,13,17). The maximum absolute atomic E-state index is 11.4. The van der Waals surface area contributed by atoms with E-state index in [1.165, 1.54) is 5.01 Å². The van der Waals surface area contributed by atoms with Gasteiger partial charge in [-0.1, -0.05) is 12.1 Å². The molecule has 6 nitrogen and oxygen atoms in total.